The van der Waals surface area contributed by atoms with Gasteiger partial charge >= 0.3 is 0 Å². The molecular weight excluding hydrogens is 244 g/mol. The summed E-state index contributed by atoms with van der Waals surface area (Å²) in [6.07, 6.45) is 1.75. The maximum Gasteiger partial charge on any atom is 0.217 e. The number of nitrogens with zero attached hydrogens (tertiary/aromatic N) is 1. The van der Waals surface area contributed by atoms with Crippen LogP contribution in [0.4, 0.5) is 0 Å². The Hall–Kier alpha value is -1.39. The lowest BCUT2D eigenvalue weighted by Crippen LogP contribution is -2.18. The van der Waals surface area contributed by atoms with Crippen molar-refractivity contribution in [2.45, 2.75) is 26.4 Å². The topological polar surface area (TPSA) is 34.1 Å². The van der Waals surface area contributed by atoms with E-state index < -0.39 is 0 Å². The van der Waals surface area contributed by atoms with Gasteiger partial charge in [-0.2, -0.15) is 0 Å². The number of aryl methyl sites for hydroxylation is 1. The van der Waals surface area contributed by atoms with Crippen LogP contribution in [-0.4, -0.2) is 12.1 Å². The molecule has 3 nitrogen and oxygen atoms in total. The van der Waals surface area contributed by atoms with Crippen LogP contribution >= 0.6 is 11.3 Å². The second-order valence-corrected chi connectivity index (χ2v) is 5.19. The molecule has 0 radical (unpaired) electrons. The summed E-state index contributed by atoms with van der Waals surface area (Å²) in [5.41, 5.74) is 2.43. The van der Waals surface area contributed by atoms with E-state index in [0.717, 1.165) is 12.1 Å². The minimum absolute atomic E-state index is 0.343. The molecular formula is C14H18N2OS. The zero-order valence-corrected chi connectivity index (χ0v) is 11.8. The van der Waals surface area contributed by atoms with Crippen molar-refractivity contribution in [2.75, 3.05) is 7.11 Å². The molecule has 0 amide bonds. The normalized spacial score (nSPS) is 12.4. The van der Waals surface area contributed by atoms with Crippen LogP contribution in [0.1, 0.15) is 29.0 Å². The largest absolute Gasteiger partial charge is 0.481 e. The van der Waals surface area contributed by atoms with E-state index in [4.69, 9.17) is 4.74 Å². The van der Waals surface area contributed by atoms with Crippen LogP contribution in [0.5, 0.6) is 5.88 Å². The summed E-state index contributed by atoms with van der Waals surface area (Å²) in [5, 5.41) is 5.64. The molecule has 96 valence electrons. The van der Waals surface area contributed by atoms with Gasteiger partial charge in [0, 0.05) is 29.2 Å². The van der Waals surface area contributed by atoms with Gasteiger partial charge in [0.05, 0.1) is 7.11 Å². The van der Waals surface area contributed by atoms with E-state index in [-0.39, 0.29) is 0 Å². The third kappa shape index (κ3) is 2.89. The summed E-state index contributed by atoms with van der Waals surface area (Å²) in [6.45, 7) is 5.09. The first-order chi connectivity index (χ1) is 8.72. The molecule has 2 rings (SSSR count). The van der Waals surface area contributed by atoms with E-state index >= 15 is 0 Å². The standard InChI is InChI=1S/C14H18N2OS/c1-10-6-8-18-13(10)11(2)16-9-12-5-4-7-15-14(12)17-3/h4-8,11,16H,9H2,1-3H3. The van der Waals surface area contributed by atoms with Gasteiger partial charge in [0.15, 0.2) is 0 Å². The third-order valence-electron chi connectivity index (χ3n) is 2.94. The highest BCUT2D eigenvalue weighted by atomic mass is 32.1. The van der Waals surface area contributed by atoms with Gasteiger partial charge in [-0.15, -0.1) is 11.3 Å². The molecule has 0 aliphatic heterocycles. The van der Waals surface area contributed by atoms with Crippen LogP contribution in [0.2, 0.25) is 0 Å². The molecule has 0 saturated carbocycles. The molecule has 0 fully saturated rings. The van der Waals surface area contributed by atoms with Crippen LogP contribution in [-0.2, 0) is 6.54 Å². The Balaban J connectivity index is 2.01. The van der Waals surface area contributed by atoms with Crippen molar-refractivity contribution < 1.29 is 4.74 Å². The second-order valence-electron chi connectivity index (χ2n) is 4.24. The average molecular weight is 262 g/mol. The summed E-state index contributed by atoms with van der Waals surface area (Å²) in [7, 11) is 1.65. The Labute approximate surface area is 112 Å². The summed E-state index contributed by atoms with van der Waals surface area (Å²) in [6, 6.07) is 6.46. The monoisotopic (exact) mass is 262 g/mol. The number of thiophene rings is 1. The molecule has 0 saturated heterocycles. The maximum atomic E-state index is 5.24. The second kappa shape index (κ2) is 5.98. The van der Waals surface area contributed by atoms with Crippen molar-refractivity contribution in [3.05, 3.63) is 45.8 Å². The Kier molecular flexibility index (Phi) is 4.33. The highest BCUT2D eigenvalue weighted by molar-refractivity contribution is 7.10. The molecule has 1 unspecified atom stereocenters. The van der Waals surface area contributed by atoms with E-state index in [1.807, 2.05) is 12.1 Å². The summed E-state index contributed by atoms with van der Waals surface area (Å²) >= 11 is 1.79. The van der Waals surface area contributed by atoms with Gasteiger partial charge in [-0.25, -0.2) is 4.98 Å². The molecule has 0 aliphatic rings. The van der Waals surface area contributed by atoms with Crippen LogP contribution in [0.25, 0.3) is 0 Å². The van der Waals surface area contributed by atoms with Gasteiger partial charge < -0.3 is 10.1 Å². The smallest absolute Gasteiger partial charge is 0.217 e. The predicted octanol–water partition coefficient (Wildman–Crippen LogP) is 3.31. The molecule has 0 bridgehead atoms. The number of nitrogens with one attached hydrogen (secondary N) is 1. The first-order valence-corrected chi connectivity index (χ1v) is 6.85. The van der Waals surface area contributed by atoms with Crippen molar-refractivity contribution in [3.63, 3.8) is 0 Å². The number of pyridine rings is 1. The highest BCUT2D eigenvalue weighted by Crippen LogP contribution is 2.24. The van der Waals surface area contributed by atoms with Crippen LogP contribution in [0.15, 0.2) is 29.8 Å². The number of ether oxygens (including phenoxy) is 1. The molecule has 1 atom stereocenters. The minimum atomic E-state index is 0.343. The van der Waals surface area contributed by atoms with Crippen molar-refractivity contribution in [1.82, 2.24) is 10.3 Å². The van der Waals surface area contributed by atoms with Gasteiger partial charge in [-0.1, -0.05) is 6.07 Å². The zero-order chi connectivity index (χ0) is 13.0. The maximum absolute atomic E-state index is 5.24. The van der Waals surface area contributed by atoms with E-state index in [1.165, 1.54) is 10.4 Å². The SMILES string of the molecule is COc1ncccc1CNC(C)c1sccc1C. The lowest BCUT2D eigenvalue weighted by atomic mass is 10.2. The van der Waals surface area contributed by atoms with E-state index in [1.54, 1.807) is 24.6 Å². The molecule has 2 aromatic heterocycles. The fourth-order valence-corrected chi connectivity index (χ4v) is 2.89. The van der Waals surface area contributed by atoms with E-state index in [0.29, 0.717) is 11.9 Å². The van der Waals surface area contributed by atoms with E-state index in [2.05, 4.69) is 35.6 Å². The summed E-state index contributed by atoms with van der Waals surface area (Å²) in [5.74, 6) is 0.695. The van der Waals surface area contributed by atoms with Crippen LogP contribution in [0, 0.1) is 6.92 Å². The lowest BCUT2D eigenvalue weighted by Gasteiger charge is -2.14. The Morgan fingerprint density at radius 3 is 2.94 bits per heavy atom. The number of hydrogen-bond acceptors (Lipinski definition) is 4. The van der Waals surface area contributed by atoms with Crippen molar-refractivity contribution in [1.29, 1.82) is 0 Å². The van der Waals surface area contributed by atoms with Crippen molar-refractivity contribution in [2.24, 2.45) is 0 Å². The Morgan fingerprint density at radius 1 is 1.44 bits per heavy atom. The molecule has 4 heteroatoms. The fourth-order valence-electron chi connectivity index (χ4n) is 1.93. The molecule has 0 aromatic carbocycles. The molecule has 1 N–H and O–H groups in total. The van der Waals surface area contributed by atoms with Crippen molar-refractivity contribution in [3.8, 4) is 5.88 Å². The van der Waals surface area contributed by atoms with Gasteiger partial charge in [0.25, 0.3) is 0 Å². The molecule has 0 aliphatic carbocycles. The van der Waals surface area contributed by atoms with Gasteiger partial charge in [0.1, 0.15) is 0 Å². The van der Waals surface area contributed by atoms with E-state index in [9.17, 15) is 0 Å². The van der Waals surface area contributed by atoms with Gasteiger partial charge in [-0.3, -0.25) is 0 Å². The number of rotatable bonds is 5. The lowest BCUT2D eigenvalue weighted by molar-refractivity contribution is 0.389. The summed E-state index contributed by atoms with van der Waals surface area (Å²) < 4.78 is 5.24. The van der Waals surface area contributed by atoms with Crippen LogP contribution < -0.4 is 10.1 Å². The molecule has 0 spiro atoms. The van der Waals surface area contributed by atoms with Gasteiger partial charge in [-0.05, 0) is 36.9 Å². The predicted molar refractivity (Wildman–Crippen MR) is 75.1 cm³/mol. The number of aromatic nitrogens is 1. The van der Waals surface area contributed by atoms with Gasteiger partial charge in [0.2, 0.25) is 5.88 Å². The zero-order valence-electron chi connectivity index (χ0n) is 10.9. The molecule has 2 heterocycles. The first-order valence-electron chi connectivity index (χ1n) is 5.97. The first kappa shape index (κ1) is 13.1. The molecule has 18 heavy (non-hydrogen) atoms. The average Bonchev–Trinajstić information content (AvgIpc) is 2.82. The quantitative estimate of drug-likeness (QED) is 0.897. The Morgan fingerprint density at radius 2 is 2.28 bits per heavy atom. The van der Waals surface area contributed by atoms with Crippen LogP contribution in [0.3, 0.4) is 0 Å². The number of methoxy groups -OCH3 is 1. The Bertz CT molecular complexity index is 510. The number of hydrogen-bond donors (Lipinski definition) is 1. The highest BCUT2D eigenvalue weighted by Gasteiger charge is 2.10. The minimum Gasteiger partial charge on any atom is -0.481 e. The molecule has 2 aromatic rings. The third-order valence-corrected chi connectivity index (χ3v) is 4.14. The fraction of sp³-hybridized carbons (Fsp3) is 0.357. The van der Waals surface area contributed by atoms with Crippen molar-refractivity contribution >= 4 is 11.3 Å². The summed E-state index contributed by atoms with van der Waals surface area (Å²) in [4.78, 5) is 5.58.